The second-order valence-corrected chi connectivity index (χ2v) is 4.90. The number of nitrogens with zero attached hydrogens (tertiary/aromatic N) is 3. The van der Waals surface area contributed by atoms with Crippen molar-refractivity contribution in [2.45, 2.75) is 0 Å². The van der Waals surface area contributed by atoms with Crippen molar-refractivity contribution in [1.82, 2.24) is 0 Å². The van der Waals surface area contributed by atoms with E-state index in [0.29, 0.717) is 0 Å². The molecule has 0 amide bonds. The third-order valence-electron chi connectivity index (χ3n) is 3.63. The van der Waals surface area contributed by atoms with Crippen LogP contribution in [0, 0.1) is 32.8 Å². The first-order valence-electron chi connectivity index (χ1n) is 6.83. The predicted molar refractivity (Wildman–Crippen MR) is 81.6 cm³/mol. The number of hydrogen-bond acceptors (Lipinski definition) is 8. The van der Waals surface area contributed by atoms with Crippen molar-refractivity contribution in [3.8, 4) is 40.6 Å². The number of nitrogens with one attached hydrogen (secondary N) is 1. The number of H-pyrrole nitrogens is 1. The summed E-state index contributed by atoms with van der Waals surface area (Å²) in [5, 5.41) is 30.4. The van der Waals surface area contributed by atoms with Gasteiger partial charge in [-0.05, 0) is 6.07 Å². The number of benzene rings is 1. The van der Waals surface area contributed by atoms with E-state index in [2.05, 4.69) is 4.98 Å². The molecule has 10 heteroatoms. The van der Waals surface area contributed by atoms with E-state index in [1.54, 1.807) is 0 Å². The smallest absolute Gasteiger partial charge is 0.300 e. The highest BCUT2D eigenvalue weighted by Crippen LogP contribution is 2.45. The van der Waals surface area contributed by atoms with E-state index in [1.165, 1.54) is 19.2 Å². The van der Waals surface area contributed by atoms with E-state index in [0.717, 1.165) is 0 Å². The summed E-state index contributed by atoms with van der Waals surface area (Å²) in [5.74, 6) is 0.370. The van der Waals surface area contributed by atoms with Crippen LogP contribution in [0.1, 0.15) is 11.1 Å². The summed E-state index contributed by atoms with van der Waals surface area (Å²) < 4.78 is 15.5. The zero-order valence-corrected chi connectivity index (χ0v) is 12.8. The molecule has 124 valence electrons. The molecule has 0 fully saturated rings. The van der Waals surface area contributed by atoms with Gasteiger partial charge in [0, 0.05) is 5.56 Å². The minimum absolute atomic E-state index is 0.00125. The number of pyridine rings is 1. The topological polar surface area (TPSA) is 159 Å². The first-order chi connectivity index (χ1) is 12.0. The van der Waals surface area contributed by atoms with E-state index in [1.807, 2.05) is 12.1 Å². The van der Waals surface area contributed by atoms with Gasteiger partial charge in [0.2, 0.25) is 6.79 Å². The largest absolute Gasteiger partial charge is 0.465 e. The summed E-state index contributed by atoms with van der Waals surface area (Å²) in [6.45, 7) is -0.0832. The average molecular weight is 340 g/mol. The molecule has 0 saturated carbocycles. The molecule has 1 aromatic heterocycles. The molecule has 0 bridgehead atoms. The van der Waals surface area contributed by atoms with Gasteiger partial charge in [-0.25, -0.2) is 4.98 Å². The number of nitrogens with two attached hydrogens (primary N) is 1. The average Bonchev–Trinajstić information content (AvgIpc) is 3.06. The van der Waals surface area contributed by atoms with E-state index in [4.69, 9.17) is 19.9 Å². The number of rotatable bonds is 3. The number of hydrogen-bond donors (Lipinski definition) is 1. The Hall–Kier alpha value is -4.05. The summed E-state index contributed by atoms with van der Waals surface area (Å²) >= 11 is 0. The van der Waals surface area contributed by atoms with Crippen LogP contribution in [-0.2, 0) is 0 Å². The molecule has 3 N–H and O–H groups in total. The molecule has 1 aromatic carbocycles. The maximum atomic E-state index is 11.5. The Labute approximate surface area is 140 Å². The monoisotopic (exact) mass is 340 g/mol. The lowest BCUT2D eigenvalue weighted by atomic mass is 9.94. The standard InChI is InChI=1S/C15H9N5O5/c1-23-15-9(5-17)13(8(4-16)14(18)19-15)7-2-11-12(25-6-24-11)3-10(7)20(21)22/h2-3H,6H2,1H3,(H2,18,19)/p+1. The van der Waals surface area contributed by atoms with Crippen LogP contribution in [0.3, 0.4) is 0 Å². The van der Waals surface area contributed by atoms with Gasteiger partial charge in [0.1, 0.15) is 17.7 Å². The molecule has 2 aromatic rings. The fraction of sp³-hybridized carbons (Fsp3) is 0.133. The Morgan fingerprint density at radius 3 is 2.48 bits per heavy atom. The summed E-state index contributed by atoms with van der Waals surface area (Å²) in [4.78, 5) is 13.5. The van der Waals surface area contributed by atoms with Gasteiger partial charge in [0.05, 0.1) is 23.7 Å². The van der Waals surface area contributed by atoms with Gasteiger partial charge >= 0.3 is 5.88 Å². The van der Waals surface area contributed by atoms with Gasteiger partial charge in [0.15, 0.2) is 17.1 Å². The van der Waals surface area contributed by atoms with E-state index in [-0.39, 0.29) is 57.9 Å². The highest BCUT2D eigenvalue weighted by molar-refractivity contribution is 5.87. The fourth-order valence-corrected chi connectivity index (χ4v) is 2.55. The van der Waals surface area contributed by atoms with Crippen molar-refractivity contribution < 1.29 is 24.1 Å². The molecule has 0 atom stereocenters. The molecule has 3 rings (SSSR count). The van der Waals surface area contributed by atoms with Crippen LogP contribution in [0.15, 0.2) is 12.1 Å². The van der Waals surface area contributed by atoms with Crippen LogP contribution in [0.5, 0.6) is 17.4 Å². The molecular weight excluding hydrogens is 330 g/mol. The molecule has 2 heterocycles. The number of nitro groups is 1. The predicted octanol–water partition coefficient (Wildman–Crippen LogP) is 1.14. The Balaban J connectivity index is 2.45. The zero-order valence-electron chi connectivity index (χ0n) is 12.8. The van der Waals surface area contributed by atoms with Crippen molar-refractivity contribution in [3.05, 3.63) is 33.4 Å². The lowest BCUT2D eigenvalue weighted by Gasteiger charge is -2.10. The number of nitro benzene ring substituents is 1. The quantitative estimate of drug-likeness (QED) is 0.643. The van der Waals surface area contributed by atoms with Crippen molar-refractivity contribution in [2.24, 2.45) is 0 Å². The van der Waals surface area contributed by atoms with Crippen LogP contribution >= 0.6 is 0 Å². The van der Waals surface area contributed by atoms with Gasteiger partial charge in [-0.15, -0.1) is 0 Å². The molecule has 1 aliphatic heterocycles. The first-order valence-corrected chi connectivity index (χ1v) is 6.83. The highest BCUT2D eigenvalue weighted by Gasteiger charge is 2.31. The molecule has 10 nitrogen and oxygen atoms in total. The summed E-state index contributed by atoms with van der Waals surface area (Å²) in [6, 6.07) is 6.28. The van der Waals surface area contributed by atoms with Gasteiger partial charge in [-0.1, -0.05) is 0 Å². The lowest BCUT2D eigenvalue weighted by Crippen LogP contribution is -2.18. The molecular formula is C15H10N5O5+. The third-order valence-corrected chi connectivity index (χ3v) is 3.63. The van der Waals surface area contributed by atoms with E-state index in [9.17, 15) is 20.6 Å². The van der Waals surface area contributed by atoms with Gasteiger partial charge in [-0.3, -0.25) is 15.8 Å². The fourth-order valence-electron chi connectivity index (χ4n) is 2.55. The van der Waals surface area contributed by atoms with Crippen molar-refractivity contribution in [3.63, 3.8) is 0 Å². The van der Waals surface area contributed by atoms with E-state index < -0.39 is 4.92 Å². The number of nitriles is 2. The number of aromatic amines is 1. The molecule has 0 aliphatic carbocycles. The Kier molecular flexibility index (Phi) is 3.71. The van der Waals surface area contributed by atoms with Gasteiger partial charge in [0.25, 0.3) is 11.5 Å². The van der Waals surface area contributed by atoms with Crippen molar-refractivity contribution in [1.29, 1.82) is 10.5 Å². The minimum Gasteiger partial charge on any atom is -0.465 e. The minimum atomic E-state index is -0.640. The van der Waals surface area contributed by atoms with Crippen LogP contribution < -0.4 is 24.9 Å². The highest BCUT2D eigenvalue weighted by atomic mass is 16.7. The summed E-state index contributed by atoms with van der Waals surface area (Å²) in [6.07, 6.45) is 0. The molecule has 0 spiro atoms. The number of ether oxygens (including phenoxy) is 3. The molecule has 0 saturated heterocycles. The Morgan fingerprint density at radius 1 is 1.28 bits per heavy atom. The second kappa shape index (κ2) is 5.86. The molecule has 25 heavy (non-hydrogen) atoms. The summed E-state index contributed by atoms with van der Waals surface area (Å²) in [7, 11) is 1.30. The van der Waals surface area contributed by atoms with Crippen LogP contribution in [0.2, 0.25) is 0 Å². The SMILES string of the molecule is COc1[nH+]c(N)c(C#N)c(-c2cc3c(cc2[N+](=O)[O-])OCO3)c1C#N. The van der Waals surface area contributed by atoms with Gasteiger partial charge < -0.3 is 14.2 Å². The molecule has 1 aliphatic rings. The van der Waals surface area contributed by atoms with Crippen molar-refractivity contribution in [2.75, 3.05) is 19.6 Å². The van der Waals surface area contributed by atoms with Crippen LogP contribution in [0.4, 0.5) is 11.5 Å². The normalized spacial score (nSPS) is 11.5. The maximum Gasteiger partial charge on any atom is 0.300 e. The number of methoxy groups -OCH3 is 1. The maximum absolute atomic E-state index is 11.5. The first kappa shape index (κ1) is 15.8. The molecule has 0 radical (unpaired) electrons. The Bertz CT molecular complexity index is 990. The van der Waals surface area contributed by atoms with Gasteiger partial charge in [-0.2, -0.15) is 10.5 Å². The summed E-state index contributed by atoms with van der Waals surface area (Å²) in [5.41, 5.74) is 5.25. The number of fused-ring (bicyclic) bond motifs is 1. The third kappa shape index (κ3) is 2.38. The number of aromatic nitrogens is 1. The van der Waals surface area contributed by atoms with Crippen LogP contribution in [-0.4, -0.2) is 18.8 Å². The van der Waals surface area contributed by atoms with Crippen LogP contribution in [0.25, 0.3) is 11.1 Å². The lowest BCUT2D eigenvalue weighted by molar-refractivity contribution is -0.384. The van der Waals surface area contributed by atoms with Crippen molar-refractivity contribution >= 4 is 11.5 Å². The number of anilines is 1. The van der Waals surface area contributed by atoms with E-state index >= 15 is 0 Å². The Morgan fingerprint density at radius 2 is 1.92 bits per heavy atom. The second-order valence-electron chi connectivity index (χ2n) is 4.90. The zero-order chi connectivity index (χ0) is 18.1. The molecule has 0 unspecified atom stereocenters. The number of nitrogen functional groups attached to an aromatic ring is 1.